The minimum Gasteiger partial charge on any atom is -0.480 e. The van der Waals surface area contributed by atoms with Crippen molar-refractivity contribution >= 4 is 22.8 Å². The van der Waals surface area contributed by atoms with E-state index in [0.29, 0.717) is 24.3 Å². The second kappa shape index (κ2) is 7.16. The van der Waals surface area contributed by atoms with E-state index in [1.54, 1.807) is 18.2 Å². The van der Waals surface area contributed by atoms with Crippen molar-refractivity contribution < 1.29 is 18.7 Å². The number of methoxy groups -OCH3 is 2. The number of anilines is 1. The average molecular weight is 344 g/mol. The highest BCUT2D eigenvalue weighted by Gasteiger charge is 2.14. The third kappa shape index (κ3) is 3.68. The quantitative estimate of drug-likeness (QED) is 0.668. The van der Waals surface area contributed by atoms with Gasteiger partial charge in [0.05, 0.1) is 25.3 Å². The number of hydrogen-bond donors (Lipinski definition) is 2. The number of aromatic nitrogens is 3. The monoisotopic (exact) mass is 344 g/mol. The SMILES string of the molecule is COC(=O)c1ccc(NCCc2nc3ccc(F)cc3[nH]2)nc1OC. The van der Waals surface area contributed by atoms with E-state index in [1.165, 1.54) is 26.4 Å². The molecule has 0 saturated heterocycles. The molecule has 8 heteroatoms. The van der Waals surface area contributed by atoms with Crippen molar-refractivity contribution in [1.82, 2.24) is 15.0 Å². The van der Waals surface area contributed by atoms with Crippen LogP contribution in [0.1, 0.15) is 16.2 Å². The van der Waals surface area contributed by atoms with Gasteiger partial charge < -0.3 is 19.8 Å². The lowest BCUT2D eigenvalue weighted by Crippen LogP contribution is -2.10. The number of carbonyl (C=O) groups excluding carboxylic acids is 1. The van der Waals surface area contributed by atoms with Crippen LogP contribution in [0.5, 0.6) is 5.88 Å². The number of fused-ring (bicyclic) bond motifs is 1. The molecular formula is C17H17FN4O3. The Morgan fingerprint density at radius 1 is 1.24 bits per heavy atom. The molecule has 1 aromatic carbocycles. The number of hydrogen-bond acceptors (Lipinski definition) is 6. The molecule has 0 spiro atoms. The number of imidazole rings is 1. The predicted molar refractivity (Wildman–Crippen MR) is 90.4 cm³/mol. The zero-order valence-electron chi connectivity index (χ0n) is 13.8. The van der Waals surface area contributed by atoms with Gasteiger partial charge in [-0.05, 0) is 30.3 Å². The minimum absolute atomic E-state index is 0.191. The van der Waals surface area contributed by atoms with Gasteiger partial charge in [0.15, 0.2) is 0 Å². The number of nitrogens with zero attached hydrogens (tertiary/aromatic N) is 2. The molecule has 0 unspecified atom stereocenters. The van der Waals surface area contributed by atoms with E-state index in [2.05, 4.69) is 25.0 Å². The number of nitrogens with one attached hydrogen (secondary N) is 2. The summed E-state index contributed by atoms with van der Waals surface area (Å²) in [5, 5.41) is 3.13. The van der Waals surface area contributed by atoms with E-state index in [0.717, 1.165) is 11.3 Å². The molecule has 3 aromatic rings. The van der Waals surface area contributed by atoms with E-state index in [-0.39, 0.29) is 17.3 Å². The zero-order chi connectivity index (χ0) is 17.8. The second-order valence-electron chi connectivity index (χ2n) is 5.27. The Balaban J connectivity index is 1.65. The smallest absolute Gasteiger partial charge is 0.343 e. The highest BCUT2D eigenvalue weighted by molar-refractivity contribution is 5.92. The van der Waals surface area contributed by atoms with Crippen LogP contribution in [0, 0.1) is 5.82 Å². The van der Waals surface area contributed by atoms with Crippen molar-refractivity contribution in [3.05, 3.63) is 47.5 Å². The highest BCUT2D eigenvalue weighted by Crippen LogP contribution is 2.19. The fraction of sp³-hybridized carbons (Fsp3) is 0.235. The van der Waals surface area contributed by atoms with Crippen molar-refractivity contribution in [1.29, 1.82) is 0 Å². The molecule has 0 bridgehead atoms. The number of H-pyrrole nitrogens is 1. The first-order valence-corrected chi connectivity index (χ1v) is 7.62. The molecule has 2 heterocycles. The molecule has 0 fully saturated rings. The molecule has 0 saturated carbocycles. The summed E-state index contributed by atoms with van der Waals surface area (Å²) in [4.78, 5) is 23.3. The van der Waals surface area contributed by atoms with Crippen LogP contribution in [-0.4, -0.2) is 41.7 Å². The van der Waals surface area contributed by atoms with E-state index >= 15 is 0 Å². The summed E-state index contributed by atoms with van der Waals surface area (Å²) < 4.78 is 23.0. The Morgan fingerprint density at radius 2 is 2.08 bits per heavy atom. The fourth-order valence-electron chi connectivity index (χ4n) is 2.42. The summed E-state index contributed by atoms with van der Waals surface area (Å²) in [6, 6.07) is 7.68. The zero-order valence-corrected chi connectivity index (χ0v) is 13.8. The first kappa shape index (κ1) is 16.7. The fourth-order valence-corrected chi connectivity index (χ4v) is 2.42. The first-order valence-electron chi connectivity index (χ1n) is 7.62. The molecule has 0 amide bonds. The van der Waals surface area contributed by atoms with Crippen LogP contribution < -0.4 is 10.1 Å². The molecule has 25 heavy (non-hydrogen) atoms. The molecule has 7 nitrogen and oxygen atoms in total. The number of carbonyl (C=O) groups is 1. The van der Waals surface area contributed by atoms with E-state index < -0.39 is 5.97 Å². The highest BCUT2D eigenvalue weighted by atomic mass is 19.1. The normalized spacial score (nSPS) is 10.7. The Labute approximate surface area is 143 Å². The molecule has 2 aromatic heterocycles. The third-order valence-electron chi connectivity index (χ3n) is 3.62. The number of esters is 1. The maximum absolute atomic E-state index is 13.2. The summed E-state index contributed by atoms with van der Waals surface area (Å²) in [7, 11) is 2.74. The largest absolute Gasteiger partial charge is 0.480 e. The lowest BCUT2D eigenvalue weighted by atomic mass is 10.2. The van der Waals surface area contributed by atoms with Crippen molar-refractivity contribution in [3.63, 3.8) is 0 Å². The minimum atomic E-state index is -0.509. The van der Waals surface area contributed by atoms with E-state index in [4.69, 9.17) is 4.74 Å². The molecule has 0 aliphatic carbocycles. The van der Waals surface area contributed by atoms with Gasteiger partial charge in [0.1, 0.15) is 23.0 Å². The van der Waals surface area contributed by atoms with Crippen molar-refractivity contribution in [2.45, 2.75) is 6.42 Å². The van der Waals surface area contributed by atoms with Crippen LogP contribution in [0.4, 0.5) is 10.2 Å². The second-order valence-corrected chi connectivity index (χ2v) is 5.27. The van der Waals surface area contributed by atoms with Crippen LogP contribution in [0.3, 0.4) is 0 Å². The van der Waals surface area contributed by atoms with Crippen molar-refractivity contribution in [3.8, 4) is 5.88 Å². The van der Waals surface area contributed by atoms with Crippen LogP contribution >= 0.6 is 0 Å². The van der Waals surface area contributed by atoms with Gasteiger partial charge in [-0.15, -0.1) is 0 Å². The molecule has 0 aliphatic heterocycles. The van der Waals surface area contributed by atoms with Gasteiger partial charge in [-0.2, -0.15) is 4.98 Å². The summed E-state index contributed by atoms with van der Waals surface area (Å²) in [6.07, 6.45) is 0.596. The molecule has 3 rings (SSSR count). The first-order chi connectivity index (χ1) is 12.1. The van der Waals surface area contributed by atoms with Crippen molar-refractivity contribution in [2.75, 3.05) is 26.1 Å². The molecular weight excluding hydrogens is 327 g/mol. The third-order valence-corrected chi connectivity index (χ3v) is 3.62. The Bertz CT molecular complexity index is 910. The molecule has 0 radical (unpaired) electrons. The summed E-state index contributed by atoms with van der Waals surface area (Å²) in [6.45, 7) is 0.552. The molecule has 0 atom stereocenters. The van der Waals surface area contributed by atoms with Gasteiger partial charge in [0.25, 0.3) is 0 Å². The van der Waals surface area contributed by atoms with Gasteiger partial charge in [-0.3, -0.25) is 0 Å². The topological polar surface area (TPSA) is 89.1 Å². The van der Waals surface area contributed by atoms with Crippen LogP contribution in [0.25, 0.3) is 11.0 Å². The van der Waals surface area contributed by atoms with E-state index in [9.17, 15) is 9.18 Å². The Hall–Kier alpha value is -3.16. The van der Waals surface area contributed by atoms with Crippen molar-refractivity contribution in [2.24, 2.45) is 0 Å². The summed E-state index contributed by atoms with van der Waals surface area (Å²) >= 11 is 0. The number of ether oxygens (including phenoxy) is 2. The predicted octanol–water partition coefficient (Wildman–Crippen LogP) is 2.55. The number of benzene rings is 1. The van der Waals surface area contributed by atoms with Gasteiger partial charge in [0.2, 0.25) is 5.88 Å². The summed E-state index contributed by atoms with van der Waals surface area (Å²) in [5.41, 5.74) is 1.64. The Kier molecular flexibility index (Phi) is 4.78. The standard InChI is InChI=1S/C17H17FN4O3/c1-24-16-11(17(23)25-2)4-6-14(22-16)19-8-7-15-20-12-5-3-10(18)9-13(12)21-15/h3-6,9H,7-8H2,1-2H3,(H,19,22)(H,20,21). The molecule has 0 aliphatic rings. The number of rotatable bonds is 6. The van der Waals surface area contributed by atoms with Gasteiger partial charge >= 0.3 is 5.97 Å². The maximum atomic E-state index is 13.2. The van der Waals surface area contributed by atoms with Gasteiger partial charge in [-0.25, -0.2) is 14.2 Å². The van der Waals surface area contributed by atoms with E-state index in [1.807, 2.05) is 0 Å². The maximum Gasteiger partial charge on any atom is 0.343 e. The van der Waals surface area contributed by atoms with Crippen LogP contribution in [0.2, 0.25) is 0 Å². The van der Waals surface area contributed by atoms with Crippen LogP contribution in [0.15, 0.2) is 30.3 Å². The Morgan fingerprint density at radius 3 is 2.84 bits per heavy atom. The molecule has 130 valence electrons. The number of halogens is 1. The van der Waals surface area contributed by atoms with Gasteiger partial charge in [-0.1, -0.05) is 0 Å². The lowest BCUT2D eigenvalue weighted by Gasteiger charge is -2.09. The number of aromatic amines is 1. The van der Waals surface area contributed by atoms with Gasteiger partial charge in [0, 0.05) is 13.0 Å². The lowest BCUT2D eigenvalue weighted by molar-refractivity contribution is 0.0596. The number of pyridine rings is 1. The summed E-state index contributed by atoms with van der Waals surface area (Å²) in [5.74, 6) is 0.683. The van der Waals surface area contributed by atoms with Crippen LogP contribution in [-0.2, 0) is 11.2 Å². The average Bonchev–Trinajstić information content (AvgIpc) is 3.02. The molecule has 2 N–H and O–H groups in total.